The Morgan fingerprint density at radius 3 is 3.00 bits per heavy atom. The van der Waals surface area contributed by atoms with Gasteiger partial charge in [0.1, 0.15) is 18.4 Å². The molecule has 0 spiro atoms. The first-order valence-corrected chi connectivity index (χ1v) is 7.72. The minimum Gasteiger partial charge on any atom is -0.495 e. The van der Waals surface area contributed by atoms with E-state index in [1.165, 1.54) is 6.33 Å². The third-order valence-corrected chi connectivity index (χ3v) is 3.90. The van der Waals surface area contributed by atoms with Crippen LogP contribution in [0.25, 0.3) is 0 Å². The van der Waals surface area contributed by atoms with E-state index in [0.29, 0.717) is 25.3 Å². The topological polar surface area (TPSA) is 89.3 Å². The zero-order valence-corrected chi connectivity index (χ0v) is 13.4. The number of carbonyl (C=O) groups is 2. The van der Waals surface area contributed by atoms with E-state index in [2.05, 4.69) is 15.4 Å². The highest BCUT2D eigenvalue weighted by atomic mass is 16.5. The molecule has 1 saturated heterocycles. The van der Waals surface area contributed by atoms with Crippen molar-refractivity contribution in [3.63, 3.8) is 0 Å². The van der Waals surface area contributed by atoms with E-state index < -0.39 is 0 Å². The fraction of sp³-hybridized carbons (Fsp3) is 0.375. The third-order valence-electron chi connectivity index (χ3n) is 3.90. The van der Waals surface area contributed by atoms with Crippen molar-refractivity contribution < 1.29 is 14.3 Å². The normalized spacial score (nSPS) is 17.1. The lowest BCUT2D eigenvalue weighted by molar-refractivity contribution is -0.122. The molecule has 2 aromatic rings. The average Bonchev–Trinajstić information content (AvgIpc) is 3.22. The molecular formula is C16H19N5O3. The van der Waals surface area contributed by atoms with Crippen LogP contribution in [-0.2, 0) is 16.1 Å². The summed E-state index contributed by atoms with van der Waals surface area (Å²) >= 11 is 0. The largest absolute Gasteiger partial charge is 0.495 e. The number of methoxy groups -OCH3 is 1. The van der Waals surface area contributed by atoms with Crippen LogP contribution < -0.4 is 15.0 Å². The molecule has 1 fully saturated rings. The molecule has 3 rings (SSSR count). The quantitative estimate of drug-likeness (QED) is 0.838. The first-order valence-electron chi connectivity index (χ1n) is 7.72. The van der Waals surface area contributed by atoms with E-state index in [4.69, 9.17) is 4.74 Å². The molecule has 1 aliphatic heterocycles. The summed E-state index contributed by atoms with van der Waals surface area (Å²) in [6.45, 7) is 0.900. The fourth-order valence-corrected chi connectivity index (χ4v) is 2.75. The zero-order valence-electron chi connectivity index (χ0n) is 13.4. The smallest absolute Gasteiger partial charge is 0.229 e. The van der Waals surface area contributed by atoms with Gasteiger partial charge in [0.25, 0.3) is 0 Å². The van der Waals surface area contributed by atoms with Gasteiger partial charge in [0, 0.05) is 19.4 Å². The molecular weight excluding hydrogens is 310 g/mol. The summed E-state index contributed by atoms with van der Waals surface area (Å²) in [5.41, 5.74) is 0.726. The lowest BCUT2D eigenvalue weighted by Gasteiger charge is -2.19. The molecule has 126 valence electrons. The number of carbonyl (C=O) groups excluding carboxylic acids is 2. The highest BCUT2D eigenvalue weighted by Crippen LogP contribution is 2.30. The molecule has 0 radical (unpaired) electrons. The number of benzene rings is 1. The molecule has 1 N–H and O–H groups in total. The van der Waals surface area contributed by atoms with Crippen LogP contribution in [0.3, 0.4) is 0 Å². The maximum absolute atomic E-state index is 12.3. The first-order chi connectivity index (χ1) is 11.7. The molecule has 8 heteroatoms. The van der Waals surface area contributed by atoms with Crippen LogP contribution in [0.2, 0.25) is 0 Å². The van der Waals surface area contributed by atoms with E-state index in [1.807, 2.05) is 24.3 Å². The second-order valence-corrected chi connectivity index (χ2v) is 5.55. The summed E-state index contributed by atoms with van der Waals surface area (Å²) in [6.07, 6.45) is 3.57. The van der Waals surface area contributed by atoms with Gasteiger partial charge in [-0.3, -0.25) is 14.3 Å². The number of rotatable bonds is 6. The fourth-order valence-electron chi connectivity index (χ4n) is 2.75. The SMILES string of the molecule is COc1ccccc1N1C[C@@H](NC(=O)CCn2cncn2)CC1=O. The number of ether oxygens (including phenoxy) is 1. The maximum atomic E-state index is 12.3. The Balaban J connectivity index is 1.57. The van der Waals surface area contributed by atoms with Crippen LogP contribution in [0.15, 0.2) is 36.9 Å². The predicted molar refractivity (Wildman–Crippen MR) is 86.5 cm³/mol. The van der Waals surface area contributed by atoms with Crippen molar-refractivity contribution in [2.75, 3.05) is 18.6 Å². The van der Waals surface area contributed by atoms with Crippen molar-refractivity contribution in [3.8, 4) is 5.75 Å². The lowest BCUT2D eigenvalue weighted by atomic mass is 10.2. The number of nitrogens with zero attached hydrogens (tertiary/aromatic N) is 4. The summed E-state index contributed by atoms with van der Waals surface area (Å²) in [5.74, 6) is 0.510. The Morgan fingerprint density at radius 2 is 2.25 bits per heavy atom. The molecule has 0 saturated carbocycles. The van der Waals surface area contributed by atoms with Crippen LogP contribution in [0, 0.1) is 0 Å². The summed E-state index contributed by atoms with van der Waals surface area (Å²) in [5, 5.41) is 6.86. The molecule has 0 aliphatic carbocycles. The molecule has 1 aliphatic rings. The van der Waals surface area contributed by atoms with Crippen LogP contribution in [0.4, 0.5) is 5.69 Å². The predicted octanol–water partition coefficient (Wildman–Crippen LogP) is 0.598. The Morgan fingerprint density at radius 1 is 1.42 bits per heavy atom. The lowest BCUT2D eigenvalue weighted by Crippen LogP contribution is -2.37. The number of hydrogen-bond donors (Lipinski definition) is 1. The second-order valence-electron chi connectivity index (χ2n) is 5.55. The monoisotopic (exact) mass is 329 g/mol. The summed E-state index contributed by atoms with van der Waals surface area (Å²) < 4.78 is 6.90. The molecule has 1 aromatic carbocycles. The molecule has 1 atom stereocenters. The third kappa shape index (κ3) is 3.53. The summed E-state index contributed by atoms with van der Waals surface area (Å²) in [7, 11) is 1.57. The standard InChI is InChI=1S/C16H19N5O3/c1-24-14-5-3-2-4-13(14)21-9-12(8-16(21)23)19-15(22)6-7-20-11-17-10-18-20/h2-5,10-12H,6-9H2,1H3,(H,19,22)/t12-/m0/s1. The molecule has 8 nitrogen and oxygen atoms in total. The number of anilines is 1. The Labute approximate surface area is 139 Å². The van der Waals surface area contributed by atoms with Crippen LogP contribution >= 0.6 is 0 Å². The van der Waals surface area contributed by atoms with Gasteiger partial charge in [-0.05, 0) is 12.1 Å². The van der Waals surface area contributed by atoms with Crippen molar-refractivity contribution in [2.45, 2.75) is 25.4 Å². The Hall–Kier alpha value is -2.90. The number of amides is 2. The van der Waals surface area contributed by atoms with Gasteiger partial charge in [0.15, 0.2) is 0 Å². The molecule has 0 unspecified atom stereocenters. The van der Waals surface area contributed by atoms with Gasteiger partial charge in [-0.1, -0.05) is 12.1 Å². The van der Waals surface area contributed by atoms with Gasteiger partial charge < -0.3 is 15.0 Å². The van der Waals surface area contributed by atoms with Gasteiger partial charge >= 0.3 is 0 Å². The van der Waals surface area contributed by atoms with Crippen molar-refractivity contribution in [1.29, 1.82) is 0 Å². The number of nitrogens with one attached hydrogen (secondary N) is 1. The van der Waals surface area contributed by atoms with Crippen molar-refractivity contribution in [3.05, 3.63) is 36.9 Å². The molecule has 2 heterocycles. The van der Waals surface area contributed by atoms with Gasteiger partial charge in [-0.15, -0.1) is 0 Å². The molecule has 1 aromatic heterocycles. The number of para-hydroxylation sites is 2. The van der Waals surface area contributed by atoms with E-state index in [9.17, 15) is 9.59 Å². The summed E-state index contributed by atoms with van der Waals surface area (Å²) in [6, 6.07) is 7.16. The van der Waals surface area contributed by atoms with E-state index in [1.54, 1.807) is 23.0 Å². The first kappa shape index (κ1) is 16.0. The molecule has 24 heavy (non-hydrogen) atoms. The van der Waals surface area contributed by atoms with Gasteiger partial charge in [-0.2, -0.15) is 5.10 Å². The maximum Gasteiger partial charge on any atom is 0.229 e. The van der Waals surface area contributed by atoms with Gasteiger partial charge in [0.05, 0.1) is 25.4 Å². The number of aromatic nitrogens is 3. The van der Waals surface area contributed by atoms with Crippen LogP contribution in [-0.4, -0.2) is 46.3 Å². The molecule has 2 amide bonds. The second kappa shape index (κ2) is 7.12. The Kier molecular flexibility index (Phi) is 4.74. The van der Waals surface area contributed by atoms with Gasteiger partial charge in [-0.25, -0.2) is 4.98 Å². The number of hydrogen-bond acceptors (Lipinski definition) is 5. The van der Waals surface area contributed by atoms with Crippen molar-refractivity contribution >= 4 is 17.5 Å². The minimum atomic E-state index is -0.203. The van der Waals surface area contributed by atoms with Gasteiger partial charge in [0.2, 0.25) is 11.8 Å². The Bertz CT molecular complexity index is 716. The van der Waals surface area contributed by atoms with Crippen LogP contribution in [0.1, 0.15) is 12.8 Å². The van der Waals surface area contributed by atoms with E-state index in [0.717, 1.165) is 5.69 Å². The summed E-state index contributed by atoms with van der Waals surface area (Å²) in [4.78, 5) is 29.8. The van der Waals surface area contributed by atoms with Crippen molar-refractivity contribution in [1.82, 2.24) is 20.1 Å². The number of aryl methyl sites for hydroxylation is 1. The van der Waals surface area contributed by atoms with E-state index in [-0.39, 0.29) is 24.3 Å². The highest BCUT2D eigenvalue weighted by Gasteiger charge is 2.32. The minimum absolute atomic E-state index is 0.0268. The highest BCUT2D eigenvalue weighted by molar-refractivity contribution is 5.98. The molecule has 0 bridgehead atoms. The zero-order chi connectivity index (χ0) is 16.9. The van der Waals surface area contributed by atoms with E-state index >= 15 is 0 Å². The average molecular weight is 329 g/mol. The van der Waals surface area contributed by atoms with Crippen LogP contribution in [0.5, 0.6) is 5.75 Å². The van der Waals surface area contributed by atoms with Crippen molar-refractivity contribution in [2.24, 2.45) is 0 Å².